The van der Waals surface area contributed by atoms with Gasteiger partial charge in [0.1, 0.15) is 6.04 Å². The molecule has 1 aromatic heterocycles. The van der Waals surface area contributed by atoms with Gasteiger partial charge in [-0.25, -0.2) is 8.42 Å². The summed E-state index contributed by atoms with van der Waals surface area (Å²) in [5.41, 5.74) is -0.494. The molecule has 9 nitrogen and oxygen atoms in total. The molecule has 29 heavy (non-hydrogen) atoms. The average Bonchev–Trinajstić information content (AvgIpc) is 2.67. The summed E-state index contributed by atoms with van der Waals surface area (Å²) in [5, 5.41) is 23.8. The number of rotatable bonds is 7. The van der Waals surface area contributed by atoms with Crippen LogP contribution in [0.25, 0.3) is 0 Å². The molecule has 2 aliphatic rings. The number of aliphatic hydroxyl groups is 1. The number of anilines is 1. The van der Waals surface area contributed by atoms with Crippen LogP contribution in [-0.4, -0.2) is 77.6 Å². The number of nitrogens with zero attached hydrogens (tertiary/aromatic N) is 2. The minimum absolute atomic E-state index is 0.256. The highest BCUT2D eigenvalue weighted by atomic mass is 32.2. The van der Waals surface area contributed by atoms with Gasteiger partial charge in [0.05, 0.1) is 11.9 Å². The summed E-state index contributed by atoms with van der Waals surface area (Å²) in [7, 11) is -3.73. The maximum Gasteiger partial charge on any atom is 0.324 e. The van der Waals surface area contributed by atoms with Gasteiger partial charge < -0.3 is 20.4 Å². The number of hydrogen-bond acceptors (Lipinski definition) is 7. The predicted octanol–water partition coefficient (Wildman–Crippen LogP) is 0.634. The number of piperidine rings is 1. The molecule has 3 rings (SSSR count). The van der Waals surface area contributed by atoms with Crippen molar-refractivity contribution in [3.63, 3.8) is 0 Å². The van der Waals surface area contributed by atoms with Crippen molar-refractivity contribution in [3.05, 3.63) is 24.5 Å². The Hall–Kier alpha value is -1.75. The standard InChI is InChI=1S/C19H30N4O5S/c1-29(27,28)22-17(18(24)25)19(26)8-2-16(3-9-19)23-12-6-15(7-13-23)21-14-4-10-20-11-5-14/h4-5,10-11,15-17,22,26H,2-3,6-9,12-13H2,1H3,(H,20,21)(H,24,25). The fourth-order valence-electron chi connectivity index (χ4n) is 4.45. The maximum absolute atomic E-state index is 11.5. The zero-order chi connectivity index (χ0) is 21.1. The molecule has 0 radical (unpaired) electrons. The smallest absolute Gasteiger partial charge is 0.324 e. The first kappa shape index (κ1) is 21.9. The van der Waals surface area contributed by atoms with E-state index in [4.69, 9.17) is 0 Å². The lowest BCUT2D eigenvalue weighted by molar-refractivity contribution is -0.149. The number of aliphatic carboxylic acids is 1. The Morgan fingerprint density at radius 3 is 2.31 bits per heavy atom. The highest BCUT2D eigenvalue weighted by Gasteiger charge is 2.46. The number of nitrogens with one attached hydrogen (secondary N) is 2. The predicted molar refractivity (Wildman–Crippen MR) is 109 cm³/mol. The maximum atomic E-state index is 11.5. The summed E-state index contributed by atoms with van der Waals surface area (Å²) >= 11 is 0. The van der Waals surface area contributed by atoms with Crippen molar-refractivity contribution in [3.8, 4) is 0 Å². The quantitative estimate of drug-likeness (QED) is 0.499. The molecule has 4 N–H and O–H groups in total. The van der Waals surface area contributed by atoms with Crippen LogP contribution in [0.4, 0.5) is 5.69 Å². The average molecular weight is 427 g/mol. The topological polar surface area (TPSA) is 132 Å². The van der Waals surface area contributed by atoms with E-state index in [1.54, 1.807) is 12.4 Å². The van der Waals surface area contributed by atoms with Crippen molar-refractivity contribution in [1.29, 1.82) is 0 Å². The molecule has 1 aromatic rings. The van der Waals surface area contributed by atoms with Crippen LogP contribution in [-0.2, 0) is 14.8 Å². The molecule has 1 aliphatic heterocycles. The Morgan fingerprint density at radius 2 is 1.79 bits per heavy atom. The van der Waals surface area contributed by atoms with Gasteiger partial charge in [-0.2, -0.15) is 4.72 Å². The van der Waals surface area contributed by atoms with Gasteiger partial charge in [0.2, 0.25) is 10.0 Å². The largest absolute Gasteiger partial charge is 0.480 e. The number of likely N-dealkylation sites (tertiary alicyclic amines) is 1. The Bertz CT molecular complexity index is 788. The number of pyridine rings is 1. The van der Waals surface area contributed by atoms with Crippen LogP contribution in [0.2, 0.25) is 0 Å². The third-order valence-corrected chi connectivity index (χ3v) is 6.70. The lowest BCUT2D eigenvalue weighted by Gasteiger charge is -2.45. The van der Waals surface area contributed by atoms with Gasteiger partial charge in [-0.05, 0) is 50.7 Å². The third-order valence-electron chi connectivity index (χ3n) is 6.03. The first-order valence-corrected chi connectivity index (χ1v) is 11.9. The summed E-state index contributed by atoms with van der Waals surface area (Å²) in [4.78, 5) is 18.0. The second kappa shape index (κ2) is 8.95. The Kier molecular flexibility index (Phi) is 6.77. The van der Waals surface area contributed by atoms with Crippen molar-refractivity contribution < 1.29 is 23.4 Å². The Morgan fingerprint density at radius 1 is 1.21 bits per heavy atom. The summed E-state index contributed by atoms with van der Waals surface area (Å²) in [6.07, 6.45) is 8.27. The number of carboxylic acid groups (broad SMARTS) is 1. The number of carboxylic acids is 1. The van der Waals surface area contributed by atoms with Crippen molar-refractivity contribution in [2.24, 2.45) is 0 Å². The van der Waals surface area contributed by atoms with Gasteiger partial charge in [-0.15, -0.1) is 0 Å². The normalized spacial score (nSPS) is 28.0. The van der Waals surface area contributed by atoms with Gasteiger partial charge in [0.15, 0.2) is 0 Å². The zero-order valence-electron chi connectivity index (χ0n) is 16.6. The highest BCUT2D eigenvalue weighted by molar-refractivity contribution is 7.88. The van der Waals surface area contributed by atoms with Crippen molar-refractivity contribution in [2.45, 2.75) is 62.3 Å². The van der Waals surface area contributed by atoms with E-state index in [0.29, 0.717) is 18.9 Å². The van der Waals surface area contributed by atoms with Crippen LogP contribution >= 0.6 is 0 Å². The first-order valence-electron chi connectivity index (χ1n) is 9.99. The fraction of sp³-hybridized carbons (Fsp3) is 0.684. The second-order valence-electron chi connectivity index (χ2n) is 8.19. The van der Waals surface area contributed by atoms with Crippen LogP contribution in [0, 0.1) is 0 Å². The van der Waals surface area contributed by atoms with Crippen molar-refractivity contribution >= 4 is 21.7 Å². The fourth-order valence-corrected chi connectivity index (χ4v) is 5.20. The second-order valence-corrected chi connectivity index (χ2v) is 9.97. The van der Waals surface area contributed by atoms with Crippen LogP contribution in [0.1, 0.15) is 38.5 Å². The van der Waals surface area contributed by atoms with Gasteiger partial charge in [0.25, 0.3) is 0 Å². The molecular weight excluding hydrogens is 396 g/mol. The lowest BCUT2D eigenvalue weighted by Crippen LogP contribution is -2.59. The van der Waals surface area contributed by atoms with Crippen LogP contribution < -0.4 is 10.0 Å². The number of sulfonamides is 1. The van der Waals surface area contributed by atoms with Crippen molar-refractivity contribution in [2.75, 3.05) is 24.7 Å². The summed E-state index contributed by atoms with van der Waals surface area (Å²) in [6.45, 7) is 1.88. The molecule has 162 valence electrons. The van der Waals surface area contributed by atoms with E-state index in [2.05, 4.69) is 19.9 Å². The first-order chi connectivity index (χ1) is 13.7. The molecule has 1 saturated carbocycles. The van der Waals surface area contributed by atoms with Crippen LogP contribution in [0.5, 0.6) is 0 Å². The van der Waals surface area contributed by atoms with Gasteiger partial charge in [0, 0.05) is 43.3 Å². The summed E-state index contributed by atoms with van der Waals surface area (Å²) in [6, 6.07) is 3.08. The van der Waals surface area contributed by atoms with E-state index in [1.165, 1.54) is 0 Å². The molecule has 10 heteroatoms. The Balaban J connectivity index is 1.51. The van der Waals surface area contributed by atoms with E-state index < -0.39 is 27.6 Å². The highest BCUT2D eigenvalue weighted by Crippen LogP contribution is 2.35. The molecule has 1 saturated heterocycles. The van der Waals surface area contributed by atoms with E-state index in [-0.39, 0.29) is 18.9 Å². The molecular formula is C19H30N4O5S. The SMILES string of the molecule is CS(=O)(=O)NC(C(=O)O)C1(O)CCC(N2CCC(Nc3ccncc3)CC2)CC1. The van der Waals surface area contributed by atoms with E-state index in [0.717, 1.165) is 37.9 Å². The number of aromatic nitrogens is 1. The Labute approximate surface area is 171 Å². The van der Waals surface area contributed by atoms with Gasteiger partial charge in [-0.3, -0.25) is 9.78 Å². The molecule has 0 spiro atoms. The molecule has 0 bridgehead atoms. The van der Waals surface area contributed by atoms with E-state index >= 15 is 0 Å². The molecule has 0 amide bonds. The zero-order valence-corrected chi connectivity index (χ0v) is 17.4. The molecule has 1 aliphatic carbocycles. The van der Waals surface area contributed by atoms with E-state index in [1.807, 2.05) is 12.1 Å². The molecule has 2 fully saturated rings. The lowest BCUT2D eigenvalue weighted by atomic mass is 9.77. The minimum Gasteiger partial charge on any atom is -0.480 e. The summed E-state index contributed by atoms with van der Waals surface area (Å²) < 4.78 is 25.1. The van der Waals surface area contributed by atoms with Crippen LogP contribution in [0.3, 0.4) is 0 Å². The minimum atomic E-state index is -3.73. The third kappa shape index (κ3) is 5.88. The van der Waals surface area contributed by atoms with Crippen LogP contribution in [0.15, 0.2) is 24.5 Å². The molecule has 0 aromatic carbocycles. The molecule has 1 unspecified atom stereocenters. The molecule has 1 atom stereocenters. The van der Waals surface area contributed by atoms with Crippen molar-refractivity contribution in [1.82, 2.24) is 14.6 Å². The van der Waals surface area contributed by atoms with Gasteiger partial charge >= 0.3 is 5.97 Å². The van der Waals surface area contributed by atoms with Gasteiger partial charge in [-0.1, -0.05) is 0 Å². The monoisotopic (exact) mass is 426 g/mol. The number of hydrogen-bond donors (Lipinski definition) is 4. The van der Waals surface area contributed by atoms with E-state index in [9.17, 15) is 23.4 Å². The summed E-state index contributed by atoms with van der Waals surface area (Å²) in [5.74, 6) is -1.35. The number of carbonyl (C=O) groups is 1. The molecule has 2 heterocycles.